The van der Waals surface area contributed by atoms with Crippen LogP contribution in [0.25, 0.3) is 0 Å². The maximum Gasteiger partial charge on any atom is 0.109 e. The molecule has 0 unspecified atom stereocenters. The predicted octanol–water partition coefficient (Wildman–Crippen LogP) is 3.25. The summed E-state index contributed by atoms with van der Waals surface area (Å²) < 4.78 is 6.00. The molecule has 0 aliphatic carbocycles. The highest BCUT2D eigenvalue weighted by atomic mass is 16.5. The van der Waals surface area contributed by atoms with Crippen LogP contribution in [0.5, 0.6) is 0 Å². The zero-order chi connectivity index (χ0) is 12.4. The largest absolute Gasteiger partial charge is 0.390 e. The first-order valence-electron chi connectivity index (χ1n) is 6.28. The summed E-state index contributed by atoms with van der Waals surface area (Å²) in [6.45, 7) is 0. The van der Waals surface area contributed by atoms with Crippen molar-refractivity contribution in [2.24, 2.45) is 0 Å². The number of ether oxygens (including phenoxy) is 1. The third kappa shape index (κ3) is 2.17. The Kier molecular flexibility index (Phi) is 3.13. The molecule has 1 aliphatic heterocycles. The minimum atomic E-state index is -0.433. The van der Waals surface area contributed by atoms with Crippen LogP contribution >= 0.6 is 0 Å². The molecule has 2 aromatic carbocycles. The zero-order valence-corrected chi connectivity index (χ0v) is 10.1. The molecule has 0 aromatic heterocycles. The molecule has 0 saturated carbocycles. The first kappa shape index (κ1) is 11.5. The number of benzene rings is 2. The van der Waals surface area contributed by atoms with Crippen molar-refractivity contribution in [3.05, 3.63) is 71.8 Å². The van der Waals surface area contributed by atoms with E-state index >= 15 is 0 Å². The molecule has 0 amide bonds. The Hall–Kier alpha value is -1.64. The van der Waals surface area contributed by atoms with Crippen LogP contribution in [-0.2, 0) is 4.74 Å². The second kappa shape index (κ2) is 4.92. The Morgan fingerprint density at radius 1 is 0.833 bits per heavy atom. The van der Waals surface area contributed by atoms with E-state index in [4.69, 9.17) is 4.74 Å². The highest BCUT2D eigenvalue weighted by molar-refractivity contribution is 5.23. The van der Waals surface area contributed by atoms with Gasteiger partial charge >= 0.3 is 0 Å². The van der Waals surface area contributed by atoms with Crippen LogP contribution in [0.3, 0.4) is 0 Å². The van der Waals surface area contributed by atoms with Gasteiger partial charge in [-0.25, -0.2) is 0 Å². The van der Waals surface area contributed by atoms with E-state index in [0.717, 1.165) is 11.1 Å². The quantitative estimate of drug-likeness (QED) is 0.873. The average molecular weight is 240 g/mol. The standard InChI is InChI=1S/C16H16O2/c17-14-11-15(12-7-3-1-4-8-12)18-16(14)13-9-5-2-6-10-13/h1-10,14-17H,11H2/t14-,15-,16-/m1/s1. The summed E-state index contributed by atoms with van der Waals surface area (Å²) in [7, 11) is 0. The fraction of sp³-hybridized carbons (Fsp3) is 0.250. The predicted molar refractivity (Wildman–Crippen MR) is 70.1 cm³/mol. The van der Waals surface area contributed by atoms with Crippen molar-refractivity contribution in [1.29, 1.82) is 0 Å². The van der Waals surface area contributed by atoms with Crippen LogP contribution in [0.2, 0.25) is 0 Å². The van der Waals surface area contributed by atoms with Gasteiger partial charge in [0.05, 0.1) is 12.2 Å². The van der Waals surface area contributed by atoms with Gasteiger partial charge in [-0.15, -0.1) is 0 Å². The SMILES string of the molecule is O[C@@H]1C[C@H](c2ccccc2)O[C@@H]1c1ccccc1. The summed E-state index contributed by atoms with van der Waals surface area (Å²) in [6.07, 6.45) is 0.00393. The molecule has 92 valence electrons. The Bertz CT molecular complexity index is 495. The van der Waals surface area contributed by atoms with Crippen LogP contribution in [-0.4, -0.2) is 11.2 Å². The summed E-state index contributed by atoms with van der Waals surface area (Å²) >= 11 is 0. The summed E-state index contributed by atoms with van der Waals surface area (Å²) in [6, 6.07) is 20.0. The van der Waals surface area contributed by atoms with Gasteiger partial charge in [0.25, 0.3) is 0 Å². The normalized spacial score (nSPS) is 27.3. The van der Waals surface area contributed by atoms with E-state index in [0.29, 0.717) is 6.42 Å². The van der Waals surface area contributed by atoms with Crippen LogP contribution < -0.4 is 0 Å². The summed E-state index contributed by atoms with van der Waals surface area (Å²) in [5.74, 6) is 0. The molecule has 1 saturated heterocycles. The fourth-order valence-electron chi connectivity index (χ4n) is 2.49. The maximum atomic E-state index is 10.1. The fourth-order valence-corrected chi connectivity index (χ4v) is 2.49. The molecule has 1 fully saturated rings. The van der Waals surface area contributed by atoms with E-state index in [2.05, 4.69) is 0 Å². The zero-order valence-electron chi connectivity index (χ0n) is 10.1. The van der Waals surface area contributed by atoms with E-state index in [9.17, 15) is 5.11 Å². The number of hydrogen-bond acceptors (Lipinski definition) is 2. The second-order valence-electron chi connectivity index (χ2n) is 4.67. The van der Waals surface area contributed by atoms with Gasteiger partial charge in [0, 0.05) is 6.42 Å². The number of rotatable bonds is 2. The molecule has 0 radical (unpaired) electrons. The third-order valence-corrected chi connectivity index (χ3v) is 3.42. The lowest BCUT2D eigenvalue weighted by Crippen LogP contribution is -2.11. The highest BCUT2D eigenvalue weighted by Crippen LogP contribution is 2.40. The van der Waals surface area contributed by atoms with E-state index < -0.39 is 6.10 Å². The molecule has 0 bridgehead atoms. The van der Waals surface area contributed by atoms with Gasteiger partial charge in [0.2, 0.25) is 0 Å². The number of hydrogen-bond donors (Lipinski definition) is 1. The molecule has 1 heterocycles. The van der Waals surface area contributed by atoms with Crippen molar-refractivity contribution in [3.63, 3.8) is 0 Å². The second-order valence-corrected chi connectivity index (χ2v) is 4.67. The van der Waals surface area contributed by atoms with E-state index in [1.165, 1.54) is 0 Å². The number of aliphatic hydroxyl groups is 1. The lowest BCUT2D eigenvalue weighted by Gasteiger charge is -2.15. The topological polar surface area (TPSA) is 29.5 Å². The van der Waals surface area contributed by atoms with Crippen molar-refractivity contribution in [2.45, 2.75) is 24.7 Å². The van der Waals surface area contributed by atoms with Gasteiger partial charge in [-0.1, -0.05) is 60.7 Å². The van der Waals surface area contributed by atoms with Gasteiger partial charge in [0.15, 0.2) is 0 Å². The van der Waals surface area contributed by atoms with Crippen LogP contribution in [0.15, 0.2) is 60.7 Å². The summed E-state index contributed by atoms with van der Waals surface area (Å²) in [5, 5.41) is 10.1. The minimum absolute atomic E-state index is 0.00796. The van der Waals surface area contributed by atoms with Crippen molar-refractivity contribution in [2.75, 3.05) is 0 Å². The van der Waals surface area contributed by atoms with Gasteiger partial charge in [-0.3, -0.25) is 0 Å². The van der Waals surface area contributed by atoms with Gasteiger partial charge in [0.1, 0.15) is 6.10 Å². The first-order valence-corrected chi connectivity index (χ1v) is 6.28. The Morgan fingerprint density at radius 3 is 2.00 bits per heavy atom. The van der Waals surface area contributed by atoms with Gasteiger partial charge in [-0.2, -0.15) is 0 Å². The smallest absolute Gasteiger partial charge is 0.109 e. The molecular weight excluding hydrogens is 224 g/mol. The van der Waals surface area contributed by atoms with Crippen LogP contribution in [0, 0.1) is 0 Å². The van der Waals surface area contributed by atoms with Gasteiger partial charge in [-0.05, 0) is 11.1 Å². The molecule has 2 aromatic rings. The van der Waals surface area contributed by atoms with Crippen molar-refractivity contribution < 1.29 is 9.84 Å². The Morgan fingerprint density at radius 2 is 1.39 bits per heavy atom. The lowest BCUT2D eigenvalue weighted by molar-refractivity contribution is 0.00831. The van der Waals surface area contributed by atoms with Crippen molar-refractivity contribution >= 4 is 0 Å². The lowest BCUT2D eigenvalue weighted by atomic mass is 10.0. The molecule has 2 heteroatoms. The first-order chi connectivity index (χ1) is 8.84. The molecule has 3 rings (SSSR count). The van der Waals surface area contributed by atoms with E-state index in [1.54, 1.807) is 0 Å². The molecule has 2 nitrogen and oxygen atoms in total. The molecule has 1 aliphatic rings. The van der Waals surface area contributed by atoms with Crippen LogP contribution in [0.4, 0.5) is 0 Å². The highest BCUT2D eigenvalue weighted by Gasteiger charge is 2.35. The minimum Gasteiger partial charge on any atom is -0.390 e. The third-order valence-electron chi connectivity index (χ3n) is 3.42. The van der Waals surface area contributed by atoms with Crippen molar-refractivity contribution in [1.82, 2.24) is 0 Å². The van der Waals surface area contributed by atoms with E-state index in [-0.39, 0.29) is 12.2 Å². The molecular formula is C16H16O2. The maximum absolute atomic E-state index is 10.1. The van der Waals surface area contributed by atoms with Gasteiger partial charge < -0.3 is 9.84 Å². The Labute approximate surface area is 107 Å². The summed E-state index contributed by atoms with van der Waals surface area (Å²) in [5.41, 5.74) is 2.18. The molecule has 1 N–H and O–H groups in total. The Balaban J connectivity index is 1.81. The number of aliphatic hydroxyl groups excluding tert-OH is 1. The van der Waals surface area contributed by atoms with Crippen LogP contribution in [0.1, 0.15) is 29.8 Å². The molecule has 18 heavy (non-hydrogen) atoms. The summed E-state index contributed by atoms with van der Waals surface area (Å²) in [4.78, 5) is 0. The van der Waals surface area contributed by atoms with Crippen molar-refractivity contribution in [3.8, 4) is 0 Å². The molecule has 3 atom stereocenters. The monoisotopic (exact) mass is 240 g/mol. The van der Waals surface area contributed by atoms with E-state index in [1.807, 2.05) is 60.7 Å². The molecule has 0 spiro atoms. The average Bonchev–Trinajstić information content (AvgIpc) is 2.83.